The highest BCUT2D eigenvalue weighted by atomic mass is 16.5. The summed E-state index contributed by atoms with van der Waals surface area (Å²) in [7, 11) is 0. The maximum absolute atomic E-state index is 5.93. The van der Waals surface area contributed by atoms with Crippen LogP contribution in [0.4, 0.5) is 0 Å². The molecule has 2 fully saturated rings. The molecule has 1 saturated carbocycles. The van der Waals surface area contributed by atoms with Crippen LogP contribution in [-0.4, -0.2) is 30.3 Å². The predicted molar refractivity (Wildman–Crippen MR) is 42.9 cm³/mol. The number of hydrogen-bond donors (Lipinski definition) is 1. The SMILES string of the molecule is NN(C1CCOCC1)C1CC1. The summed E-state index contributed by atoms with van der Waals surface area (Å²) in [5.41, 5.74) is 0. The number of ether oxygens (including phenoxy) is 1. The van der Waals surface area contributed by atoms with Gasteiger partial charge in [0.15, 0.2) is 0 Å². The Morgan fingerprint density at radius 3 is 2.09 bits per heavy atom. The van der Waals surface area contributed by atoms with Gasteiger partial charge in [-0.15, -0.1) is 0 Å². The summed E-state index contributed by atoms with van der Waals surface area (Å²) in [4.78, 5) is 0. The molecule has 0 atom stereocenters. The van der Waals surface area contributed by atoms with Crippen molar-refractivity contribution in [1.29, 1.82) is 0 Å². The summed E-state index contributed by atoms with van der Waals surface area (Å²) in [6.07, 6.45) is 4.84. The van der Waals surface area contributed by atoms with Crippen LogP contribution in [0.25, 0.3) is 0 Å². The maximum atomic E-state index is 5.93. The molecule has 1 heterocycles. The molecule has 1 aliphatic carbocycles. The van der Waals surface area contributed by atoms with Crippen LogP contribution in [-0.2, 0) is 4.74 Å². The third-order valence-electron chi connectivity index (χ3n) is 2.58. The third kappa shape index (κ3) is 1.72. The fraction of sp³-hybridized carbons (Fsp3) is 1.00. The van der Waals surface area contributed by atoms with Gasteiger partial charge in [-0.3, -0.25) is 5.84 Å². The molecule has 0 aromatic heterocycles. The van der Waals surface area contributed by atoms with Gasteiger partial charge in [-0.2, -0.15) is 0 Å². The topological polar surface area (TPSA) is 38.5 Å². The summed E-state index contributed by atoms with van der Waals surface area (Å²) >= 11 is 0. The van der Waals surface area contributed by atoms with Gasteiger partial charge in [-0.1, -0.05) is 0 Å². The van der Waals surface area contributed by atoms with Gasteiger partial charge < -0.3 is 4.74 Å². The Morgan fingerprint density at radius 1 is 1.00 bits per heavy atom. The van der Waals surface area contributed by atoms with E-state index in [9.17, 15) is 0 Å². The van der Waals surface area contributed by atoms with E-state index in [0.717, 1.165) is 26.1 Å². The molecule has 0 spiro atoms. The van der Waals surface area contributed by atoms with Crippen LogP contribution in [0.5, 0.6) is 0 Å². The Balaban J connectivity index is 1.81. The normalized spacial score (nSPS) is 27.8. The molecule has 0 aromatic rings. The van der Waals surface area contributed by atoms with E-state index >= 15 is 0 Å². The molecular formula is C8H16N2O. The molecule has 0 aromatic carbocycles. The van der Waals surface area contributed by atoms with Gasteiger partial charge in [0.05, 0.1) is 0 Å². The van der Waals surface area contributed by atoms with E-state index in [1.807, 2.05) is 0 Å². The fourth-order valence-electron chi connectivity index (χ4n) is 1.65. The van der Waals surface area contributed by atoms with E-state index < -0.39 is 0 Å². The lowest BCUT2D eigenvalue weighted by atomic mass is 10.1. The second-order valence-corrected chi connectivity index (χ2v) is 3.52. The molecule has 2 rings (SSSR count). The molecule has 2 aliphatic rings. The Morgan fingerprint density at radius 2 is 1.55 bits per heavy atom. The summed E-state index contributed by atoms with van der Waals surface area (Å²) in [5, 5.41) is 2.06. The first-order chi connectivity index (χ1) is 5.38. The van der Waals surface area contributed by atoms with Crippen molar-refractivity contribution < 1.29 is 4.74 Å². The van der Waals surface area contributed by atoms with Crippen LogP contribution in [0.2, 0.25) is 0 Å². The van der Waals surface area contributed by atoms with Crippen LogP contribution in [0.15, 0.2) is 0 Å². The summed E-state index contributed by atoms with van der Waals surface area (Å²) < 4.78 is 5.27. The summed E-state index contributed by atoms with van der Waals surface area (Å²) in [6.45, 7) is 1.79. The van der Waals surface area contributed by atoms with Crippen LogP contribution < -0.4 is 5.84 Å². The molecule has 1 aliphatic heterocycles. The number of nitrogens with two attached hydrogens (primary N) is 1. The highest BCUT2D eigenvalue weighted by Gasteiger charge is 2.32. The number of rotatable bonds is 2. The Kier molecular flexibility index (Phi) is 2.11. The highest BCUT2D eigenvalue weighted by Crippen LogP contribution is 2.28. The zero-order chi connectivity index (χ0) is 7.68. The summed E-state index contributed by atoms with van der Waals surface area (Å²) in [6, 6.07) is 1.29. The number of hydrogen-bond acceptors (Lipinski definition) is 3. The van der Waals surface area contributed by atoms with Crippen LogP contribution >= 0.6 is 0 Å². The minimum Gasteiger partial charge on any atom is -0.381 e. The molecular weight excluding hydrogens is 140 g/mol. The second-order valence-electron chi connectivity index (χ2n) is 3.52. The van der Waals surface area contributed by atoms with E-state index in [1.54, 1.807) is 0 Å². The van der Waals surface area contributed by atoms with E-state index in [2.05, 4.69) is 5.01 Å². The van der Waals surface area contributed by atoms with Gasteiger partial charge in [0.25, 0.3) is 0 Å². The predicted octanol–water partition coefficient (Wildman–Crippen LogP) is 0.503. The maximum Gasteiger partial charge on any atom is 0.0481 e. The second kappa shape index (κ2) is 3.09. The van der Waals surface area contributed by atoms with Crippen molar-refractivity contribution in [3.8, 4) is 0 Å². The fourth-order valence-corrected chi connectivity index (χ4v) is 1.65. The lowest BCUT2D eigenvalue weighted by Gasteiger charge is -2.30. The zero-order valence-corrected chi connectivity index (χ0v) is 6.83. The van der Waals surface area contributed by atoms with Crippen molar-refractivity contribution in [3.05, 3.63) is 0 Å². The van der Waals surface area contributed by atoms with Gasteiger partial charge in [0, 0.05) is 25.3 Å². The van der Waals surface area contributed by atoms with Crippen molar-refractivity contribution in [2.24, 2.45) is 5.84 Å². The van der Waals surface area contributed by atoms with Crippen molar-refractivity contribution in [2.45, 2.75) is 37.8 Å². The molecule has 64 valence electrons. The first-order valence-corrected chi connectivity index (χ1v) is 4.48. The minimum absolute atomic E-state index is 0.594. The summed E-state index contributed by atoms with van der Waals surface area (Å²) in [5.74, 6) is 5.93. The van der Waals surface area contributed by atoms with Crippen LogP contribution in [0.3, 0.4) is 0 Å². The lowest BCUT2D eigenvalue weighted by Crippen LogP contribution is -2.45. The quantitative estimate of drug-likeness (QED) is 0.467. The number of hydrazine groups is 1. The molecule has 0 radical (unpaired) electrons. The molecule has 2 N–H and O–H groups in total. The average Bonchev–Trinajstić information content (AvgIpc) is 2.87. The number of nitrogens with zero attached hydrogens (tertiary/aromatic N) is 1. The van der Waals surface area contributed by atoms with E-state index in [0.29, 0.717) is 12.1 Å². The molecule has 1 saturated heterocycles. The van der Waals surface area contributed by atoms with Gasteiger partial charge >= 0.3 is 0 Å². The Bertz CT molecular complexity index is 130. The molecule has 11 heavy (non-hydrogen) atoms. The molecule has 0 bridgehead atoms. The van der Waals surface area contributed by atoms with E-state index in [-0.39, 0.29) is 0 Å². The van der Waals surface area contributed by atoms with Crippen molar-refractivity contribution in [1.82, 2.24) is 5.01 Å². The molecule has 3 heteroatoms. The van der Waals surface area contributed by atoms with Crippen molar-refractivity contribution in [2.75, 3.05) is 13.2 Å². The standard InChI is InChI=1S/C8H16N2O/c9-10(7-1-2-7)8-3-5-11-6-4-8/h7-8H,1-6,9H2. The molecule has 3 nitrogen and oxygen atoms in total. The van der Waals surface area contributed by atoms with Crippen molar-refractivity contribution in [3.63, 3.8) is 0 Å². The van der Waals surface area contributed by atoms with Gasteiger partial charge in [0.2, 0.25) is 0 Å². The third-order valence-corrected chi connectivity index (χ3v) is 2.58. The monoisotopic (exact) mass is 156 g/mol. The Hall–Kier alpha value is -0.120. The zero-order valence-electron chi connectivity index (χ0n) is 6.83. The smallest absolute Gasteiger partial charge is 0.0481 e. The first kappa shape index (κ1) is 7.53. The van der Waals surface area contributed by atoms with E-state index in [4.69, 9.17) is 10.6 Å². The largest absolute Gasteiger partial charge is 0.381 e. The molecule has 0 amide bonds. The highest BCUT2D eigenvalue weighted by molar-refractivity contribution is 4.86. The average molecular weight is 156 g/mol. The van der Waals surface area contributed by atoms with Gasteiger partial charge in [-0.25, -0.2) is 5.01 Å². The van der Waals surface area contributed by atoms with Crippen molar-refractivity contribution >= 4 is 0 Å². The first-order valence-electron chi connectivity index (χ1n) is 4.48. The van der Waals surface area contributed by atoms with Gasteiger partial charge in [-0.05, 0) is 25.7 Å². The van der Waals surface area contributed by atoms with E-state index in [1.165, 1.54) is 12.8 Å². The minimum atomic E-state index is 0.594. The Labute approximate surface area is 67.5 Å². The molecule has 0 unspecified atom stereocenters. The van der Waals surface area contributed by atoms with Crippen LogP contribution in [0.1, 0.15) is 25.7 Å². The van der Waals surface area contributed by atoms with Gasteiger partial charge in [0.1, 0.15) is 0 Å². The van der Waals surface area contributed by atoms with Crippen LogP contribution in [0, 0.1) is 0 Å². The lowest BCUT2D eigenvalue weighted by molar-refractivity contribution is 0.0306.